The lowest BCUT2D eigenvalue weighted by Crippen LogP contribution is -2.46. The van der Waals surface area contributed by atoms with E-state index in [-0.39, 0.29) is 18.6 Å². The quantitative estimate of drug-likeness (QED) is 0.917. The van der Waals surface area contributed by atoms with Crippen LogP contribution in [0.4, 0.5) is 4.79 Å². The Morgan fingerprint density at radius 1 is 1.25 bits per heavy atom. The minimum absolute atomic E-state index is 0.0915. The molecule has 1 aromatic rings. The van der Waals surface area contributed by atoms with E-state index >= 15 is 0 Å². The highest BCUT2D eigenvalue weighted by Gasteiger charge is 2.22. The van der Waals surface area contributed by atoms with Crippen molar-refractivity contribution in [2.75, 3.05) is 13.1 Å². The van der Waals surface area contributed by atoms with Gasteiger partial charge >= 0.3 is 6.09 Å². The first-order chi connectivity index (χ1) is 9.65. The van der Waals surface area contributed by atoms with E-state index in [1.165, 1.54) is 0 Å². The van der Waals surface area contributed by atoms with E-state index in [0.717, 1.165) is 18.4 Å². The minimum Gasteiger partial charge on any atom is -0.445 e. The van der Waals surface area contributed by atoms with E-state index in [1.807, 2.05) is 30.3 Å². The Kier molecular flexibility index (Phi) is 4.98. The summed E-state index contributed by atoms with van der Waals surface area (Å²) < 4.78 is 5.17. The van der Waals surface area contributed by atoms with Crippen molar-refractivity contribution >= 4 is 12.0 Å². The maximum absolute atomic E-state index is 11.7. The number of ether oxygens (including phenoxy) is 1. The molecule has 1 aliphatic heterocycles. The second-order valence-corrected chi connectivity index (χ2v) is 4.99. The van der Waals surface area contributed by atoms with Crippen LogP contribution in [0.3, 0.4) is 0 Å². The molecule has 2 amide bonds. The number of carbonyl (C=O) groups excluding carboxylic acids is 2. The first kappa shape index (κ1) is 14.4. The van der Waals surface area contributed by atoms with Gasteiger partial charge in [0.1, 0.15) is 6.61 Å². The van der Waals surface area contributed by atoms with Gasteiger partial charge in [0.2, 0.25) is 5.91 Å². The molecule has 1 N–H and O–H groups in total. The van der Waals surface area contributed by atoms with Gasteiger partial charge in [0.15, 0.2) is 0 Å². The van der Waals surface area contributed by atoms with Crippen LogP contribution in [0.15, 0.2) is 30.3 Å². The Balaban J connectivity index is 1.69. The number of hydrogen-bond donors (Lipinski definition) is 1. The molecule has 0 spiro atoms. The van der Waals surface area contributed by atoms with Gasteiger partial charge in [0, 0.05) is 26.1 Å². The van der Waals surface area contributed by atoms with Crippen LogP contribution in [-0.2, 0) is 16.1 Å². The van der Waals surface area contributed by atoms with Crippen LogP contribution in [0.25, 0.3) is 0 Å². The molecule has 0 saturated carbocycles. The predicted octanol–water partition coefficient (Wildman–Crippen LogP) is 1.92. The maximum Gasteiger partial charge on any atom is 0.407 e. The zero-order valence-electron chi connectivity index (χ0n) is 11.7. The van der Waals surface area contributed by atoms with Crippen molar-refractivity contribution in [2.45, 2.75) is 32.4 Å². The molecular weight excluding hydrogens is 256 g/mol. The third kappa shape index (κ3) is 4.26. The number of carbonyl (C=O) groups is 2. The SMILES string of the molecule is CC(=O)N1CCC(NC(=O)OCc2ccccc2)CC1. The average Bonchev–Trinajstić information content (AvgIpc) is 2.47. The number of likely N-dealkylation sites (tertiary alicyclic amines) is 1. The van der Waals surface area contributed by atoms with E-state index in [1.54, 1.807) is 11.8 Å². The van der Waals surface area contributed by atoms with Gasteiger partial charge < -0.3 is 15.0 Å². The zero-order chi connectivity index (χ0) is 14.4. The molecule has 0 bridgehead atoms. The summed E-state index contributed by atoms with van der Waals surface area (Å²) in [7, 11) is 0. The molecule has 108 valence electrons. The molecule has 2 rings (SSSR count). The lowest BCUT2D eigenvalue weighted by molar-refractivity contribution is -0.129. The van der Waals surface area contributed by atoms with E-state index < -0.39 is 6.09 Å². The van der Waals surface area contributed by atoms with Gasteiger partial charge in [-0.3, -0.25) is 4.79 Å². The standard InChI is InChI=1S/C15H20N2O3/c1-12(18)17-9-7-14(8-10-17)16-15(19)20-11-13-5-3-2-4-6-13/h2-6,14H,7-11H2,1H3,(H,16,19). The van der Waals surface area contributed by atoms with Gasteiger partial charge in [-0.05, 0) is 18.4 Å². The lowest BCUT2D eigenvalue weighted by Gasteiger charge is -2.31. The highest BCUT2D eigenvalue weighted by molar-refractivity contribution is 5.73. The molecule has 0 atom stereocenters. The fraction of sp³-hybridized carbons (Fsp3) is 0.467. The van der Waals surface area contributed by atoms with Gasteiger partial charge in [0.25, 0.3) is 0 Å². The van der Waals surface area contributed by atoms with Crippen molar-refractivity contribution in [3.05, 3.63) is 35.9 Å². The minimum atomic E-state index is -0.393. The topological polar surface area (TPSA) is 58.6 Å². The van der Waals surface area contributed by atoms with Crippen LogP contribution in [0.2, 0.25) is 0 Å². The van der Waals surface area contributed by atoms with Gasteiger partial charge in [-0.2, -0.15) is 0 Å². The Labute approximate surface area is 118 Å². The van der Waals surface area contributed by atoms with Crippen LogP contribution in [0.5, 0.6) is 0 Å². The van der Waals surface area contributed by atoms with Crippen LogP contribution in [0.1, 0.15) is 25.3 Å². The Bertz CT molecular complexity index is 453. The average molecular weight is 276 g/mol. The molecule has 5 nitrogen and oxygen atoms in total. The highest BCUT2D eigenvalue weighted by Crippen LogP contribution is 2.10. The van der Waals surface area contributed by atoms with Crippen LogP contribution >= 0.6 is 0 Å². The second-order valence-electron chi connectivity index (χ2n) is 4.99. The lowest BCUT2D eigenvalue weighted by atomic mass is 10.1. The molecule has 0 aromatic heterocycles. The summed E-state index contributed by atoms with van der Waals surface area (Å²) in [5, 5.41) is 2.85. The largest absolute Gasteiger partial charge is 0.445 e. The Hall–Kier alpha value is -2.04. The van der Waals surface area contributed by atoms with Crippen LogP contribution in [0, 0.1) is 0 Å². The number of alkyl carbamates (subject to hydrolysis) is 1. The van der Waals surface area contributed by atoms with Crippen molar-refractivity contribution in [1.29, 1.82) is 0 Å². The summed E-state index contributed by atoms with van der Waals surface area (Å²) in [4.78, 5) is 24.7. The summed E-state index contributed by atoms with van der Waals surface area (Å²) in [6.07, 6.45) is 1.16. The van der Waals surface area contributed by atoms with Crippen LogP contribution in [-0.4, -0.2) is 36.0 Å². The smallest absolute Gasteiger partial charge is 0.407 e. The van der Waals surface area contributed by atoms with E-state index in [2.05, 4.69) is 5.32 Å². The number of hydrogen-bond acceptors (Lipinski definition) is 3. The third-order valence-electron chi connectivity index (χ3n) is 3.48. The van der Waals surface area contributed by atoms with E-state index in [4.69, 9.17) is 4.74 Å². The molecular formula is C15H20N2O3. The first-order valence-corrected chi connectivity index (χ1v) is 6.88. The maximum atomic E-state index is 11.7. The second kappa shape index (κ2) is 6.93. The Morgan fingerprint density at radius 2 is 1.90 bits per heavy atom. The van der Waals surface area contributed by atoms with Gasteiger partial charge in [-0.15, -0.1) is 0 Å². The molecule has 20 heavy (non-hydrogen) atoms. The normalized spacial score (nSPS) is 15.8. The number of benzene rings is 1. The summed E-state index contributed by atoms with van der Waals surface area (Å²) in [5.41, 5.74) is 0.967. The molecule has 0 aliphatic carbocycles. The molecule has 0 unspecified atom stereocenters. The molecule has 5 heteroatoms. The zero-order valence-corrected chi connectivity index (χ0v) is 11.7. The van der Waals surface area contributed by atoms with Crippen molar-refractivity contribution in [2.24, 2.45) is 0 Å². The highest BCUT2D eigenvalue weighted by atomic mass is 16.5. The van der Waals surface area contributed by atoms with Gasteiger partial charge in [-0.1, -0.05) is 30.3 Å². The van der Waals surface area contributed by atoms with Crippen molar-refractivity contribution in [3.8, 4) is 0 Å². The number of amides is 2. The number of piperidine rings is 1. The molecule has 1 aliphatic rings. The van der Waals surface area contributed by atoms with Gasteiger partial charge in [0.05, 0.1) is 0 Å². The van der Waals surface area contributed by atoms with Crippen molar-refractivity contribution < 1.29 is 14.3 Å². The fourth-order valence-electron chi connectivity index (χ4n) is 2.27. The van der Waals surface area contributed by atoms with E-state index in [9.17, 15) is 9.59 Å². The number of nitrogens with zero attached hydrogens (tertiary/aromatic N) is 1. The monoisotopic (exact) mass is 276 g/mol. The summed E-state index contributed by atoms with van der Waals surface area (Å²) >= 11 is 0. The summed E-state index contributed by atoms with van der Waals surface area (Å²) in [5.74, 6) is 0.0927. The third-order valence-corrected chi connectivity index (χ3v) is 3.48. The number of nitrogens with one attached hydrogen (secondary N) is 1. The van der Waals surface area contributed by atoms with Gasteiger partial charge in [-0.25, -0.2) is 4.79 Å². The molecule has 0 radical (unpaired) electrons. The first-order valence-electron chi connectivity index (χ1n) is 6.88. The Morgan fingerprint density at radius 3 is 2.50 bits per heavy atom. The molecule has 1 saturated heterocycles. The molecule has 1 fully saturated rings. The van der Waals surface area contributed by atoms with Crippen molar-refractivity contribution in [3.63, 3.8) is 0 Å². The number of rotatable bonds is 3. The molecule has 1 aromatic carbocycles. The summed E-state index contributed by atoms with van der Waals surface area (Å²) in [6, 6.07) is 9.67. The fourth-order valence-corrected chi connectivity index (χ4v) is 2.27. The van der Waals surface area contributed by atoms with Crippen molar-refractivity contribution in [1.82, 2.24) is 10.2 Å². The summed E-state index contributed by atoms with van der Waals surface area (Å²) in [6.45, 7) is 3.23. The van der Waals surface area contributed by atoms with Crippen LogP contribution < -0.4 is 5.32 Å². The van der Waals surface area contributed by atoms with E-state index in [0.29, 0.717) is 13.1 Å². The molecule has 1 heterocycles. The predicted molar refractivity (Wildman–Crippen MR) is 75.0 cm³/mol.